The van der Waals surface area contributed by atoms with Crippen molar-refractivity contribution in [2.45, 2.75) is 6.92 Å². The number of ether oxygens (including phenoxy) is 2. The number of rotatable bonds is 3. The minimum absolute atomic E-state index is 0.304. The number of carbonyl (C=O) groups is 1. The number of carbonyl (C=O) groups excluding carboxylic acids is 1. The van der Waals surface area contributed by atoms with E-state index in [-0.39, 0.29) is 5.97 Å². The van der Waals surface area contributed by atoms with Crippen LogP contribution in [0.25, 0.3) is 10.6 Å². The lowest BCUT2D eigenvalue weighted by molar-refractivity contribution is -0.132. The van der Waals surface area contributed by atoms with Gasteiger partial charge >= 0.3 is 5.97 Å². The summed E-state index contributed by atoms with van der Waals surface area (Å²) in [5.41, 5.74) is 0.944. The van der Waals surface area contributed by atoms with Crippen LogP contribution in [-0.4, -0.2) is 18.1 Å². The van der Waals surface area contributed by atoms with Crippen molar-refractivity contribution in [3.63, 3.8) is 0 Å². The minimum Gasteiger partial charge on any atom is -0.497 e. The summed E-state index contributed by atoms with van der Waals surface area (Å²) in [4.78, 5) is 15.2. The summed E-state index contributed by atoms with van der Waals surface area (Å²) < 4.78 is 10.8. The van der Waals surface area contributed by atoms with E-state index in [1.165, 1.54) is 18.3 Å². The molecule has 0 bridgehead atoms. The molecule has 0 N–H and O–H groups in total. The highest BCUT2D eigenvalue weighted by Gasteiger charge is 2.13. The van der Waals surface area contributed by atoms with E-state index < -0.39 is 0 Å². The number of hydrogen-bond acceptors (Lipinski definition) is 5. The van der Waals surface area contributed by atoms with Crippen molar-refractivity contribution in [2.24, 2.45) is 0 Å². The molecule has 4 nitrogen and oxygen atoms in total. The maximum atomic E-state index is 10.9. The molecule has 0 aliphatic heterocycles. The van der Waals surface area contributed by atoms with Gasteiger partial charge in [0.05, 0.1) is 7.11 Å². The predicted molar refractivity (Wildman–Crippen MR) is 73.1 cm³/mol. The predicted octanol–water partition coefficient (Wildman–Crippen LogP) is 3.51. The van der Waals surface area contributed by atoms with Gasteiger partial charge in [0.2, 0.25) is 5.88 Å². The highest BCUT2D eigenvalue weighted by atomic mass is 79.9. The highest BCUT2D eigenvalue weighted by Crippen LogP contribution is 2.37. The molecule has 1 heterocycles. The Morgan fingerprint density at radius 3 is 2.56 bits per heavy atom. The van der Waals surface area contributed by atoms with Gasteiger partial charge in [0, 0.05) is 12.5 Å². The number of thiazole rings is 1. The zero-order valence-electron chi connectivity index (χ0n) is 9.77. The number of esters is 1. The highest BCUT2D eigenvalue weighted by molar-refractivity contribution is 9.11. The number of halogens is 1. The van der Waals surface area contributed by atoms with Gasteiger partial charge in [-0.15, -0.1) is 11.3 Å². The van der Waals surface area contributed by atoms with E-state index in [9.17, 15) is 4.79 Å². The third-order valence-electron chi connectivity index (χ3n) is 2.13. The smallest absolute Gasteiger partial charge is 0.309 e. The van der Waals surface area contributed by atoms with Crippen LogP contribution in [0.15, 0.2) is 28.1 Å². The first-order valence-electron chi connectivity index (χ1n) is 5.09. The number of methoxy groups -OCH3 is 1. The van der Waals surface area contributed by atoms with Crippen LogP contribution in [0.2, 0.25) is 0 Å². The lowest BCUT2D eigenvalue weighted by atomic mass is 10.2. The molecule has 6 heteroatoms. The van der Waals surface area contributed by atoms with Crippen LogP contribution >= 0.6 is 27.3 Å². The quantitative estimate of drug-likeness (QED) is 0.809. The zero-order chi connectivity index (χ0) is 13.1. The molecule has 1 aromatic carbocycles. The molecule has 0 spiro atoms. The topological polar surface area (TPSA) is 48.4 Å². The molecule has 0 fully saturated rings. The van der Waals surface area contributed by atoms with Crippen LogP contribution in [0.5, 0.6) is 11.6 Å². The lowest BCUT2D eigenvalue weighted by Gasteiger charge is -2.00. The fourth-order valence-electron chi connectivity index (χ4n) is 1.34. The molecule has 0 aliphatic rings. The summed E-state index contributed by atoms with van der Waals surface area (Å²) >= 11 is 4.74. The van der Waals surface area contributed by atoms with Crippen LogP contribution in [0.1, 0.15) is 6.92 Å². The molecule has 1 aromatic heterocycles. The van der Waals surface area contributed by atoms with E-state index in [4.69, 9.17) is 9.47 Å². The van der Waals surface area contributed by atoms with E-state index >= 15 is 0 Å². The summed E-state index contributed by atoms with van der Waals surface area (Å²) in [5.74, 6) is 0.704. The van der Waals surface area contributed by atoms with Crippen molar-refractivity contribution in [3.8, 4) is 22.2 Å². The van der Waals surface area contributed by atoms with Crippen molar-refractivity contribution in [3.05, 3.63) is 28.1 Å². The molecule has 0 atom stereocenters. The second-order valence-electron chi connectivity index (χ2n) is 3.42. The summed E-state index contributed by atoms with van der Waals surface area (Å²) in [6, 6.07) is 7.52. The monoisotopic (exact) mass is 327 g/mol. The van der Waals surface area contributed by atoms with Crippen LogP contribution in [-0.2, 0) is 4.79 Å². The largest absolute Gasteiger partial charge is 0.497 e. The summed E-state index contributed by atoms with van der Waals surface area (Å²) in [7, 11) is 1.62. The van der Waals surface area contributed by atoms with Crippen molar-refractivity contribution in [1.29, 1.82) is 0 Å². The molecule has 2 rings (SSSR count). The second-order valence-corrected chi connectivity index (χ2v) is 5.74. The number of nitrogens with zero attached hydrogens (tertiary/aromatic N) is 1. The van der Waals surface area contributed by atoms with Crippen molar-refractivity contribution >= 4 is 33.2 Å². The van der Waals surface area contributed by atoms with Gasteiger partial charge in [-0.2, -0.15) is 0 Å². The van der Waals surface area contributed by atoms with Gasteiger partial charge in [-0.25, -0.2) is 4.98 Å². The number of hydrogen-bond donors (Lipinski definition) is 0. The third-order valence-corrected chi connectivity index (χ3v) is 3.83. The Kier molecular flexibility index (Phi) is 3.98. The molecule has 0 amide bonds. The Balaban J connectivity index is 2.30. The first-order valence-corrected chi connectivity index (χ1v) is 6.70. The summed E-state index contributed by atoms with van der Waals surface area (Å²) in [5, 5.41) is 0.778. The number of benzene rings is 1. The molecule has 0 saturated heterocycles. The van der Waals surface area contributed by atoms with Gasteiger partial charge < -0.3 is 9.47 Å². The van der Waals surface area contributed by atoms with Gasteiger partial charge in [0.1, 0.15) is 14.5 Å². The number of aromatic nitrogens is 1. The average Bonchev–Trinajstić information content (AvgIpc) is 2.70. The van der Waals surface area contributed by atoms with Crippen LogP contribution in [0.3, 0.4) is 0 Å². The van der Waals surface area contributed by atoms with E-state index in [0.717, 1.165) is 16.3 Å². The van der Waals surface area contributed by atoms with Crippen molar-refractivity contribution < 1.29 is 14.3 Å². The molecule has 0 saturated carbocycles. The van der Waals surface area contributed by atoms with Crippen molar-refractivity contribution in [2.75, 3.05) is 7.11 Å². The Bertz CT molecular complexity index is 565. The molecule has 2 aromatic rings. The maximum absolute atomic E-state index is 10.9. The SMILES string of the molecule is COc1ccc(-c2nc(OC(C)=O)c(Br)s2)cc1. The average molecular weight is 328 g/mol. The Morgan fingerprint density at radius 1 is 1.33 bits per heavy atom. The summed E-state index contributed by atoms with van der Waals surface area (Å²) in [6.45, 7) is 1.35. The van der Waals surface area contributed by atoms with E-state index in [1.807, 2.05) is 24.3 Å². The Morgan fingerprint density at radius 2 is 2.00 bits per heavy atom. The third kappa shape index (κ3) is 2.88. The van der Waals surface area contributed by atoms with Gasteiger partial charge in [-0.1, -0.05) is 0 Å². The maximum Gasteiger partial charge on any atom is 0.309 e. The normalized spacial score (nSPS) is 10.2. The fraction of sp³-hybridized carbons (Fsp3) is 0.167. The molecule has 0 aliphatic carbocycles. The zero-order valence-corrected chi connectivity index (χ0v) is 12.2. The van der Waals surface area contributed by atoms with Gasteiger partial charge in [-0.3, -0.25) is 4.79 Å². The van der Waals surface area contributed by atoms with E-state index in [1.54, 1.807) is 7.11 Å². The van der Waals surface area contributed by atoms with E-state index in [2.05, 4.69) is 20.9 Å². The van der Waals surface area contributed by atoms with Crippen LogP contribution in [0, 0.1) is 0 Å². The minimum atomic E-state index is -0.387. The van der Waals surface area contributed by atoms with Gasteiger partial charge in [-0.05, 0) is 40.2 Å². The van der Waals surface area contributed by atoms with Gasteiger partial charge in [0.15, 0.2) is 0 Å². The molecule has 0 unspecified atom stereocenters. The van der Waals surface area contributed by atoms with Crippen LogP contribution < -0.4 is 9.47 Å². The fourth-order valence-corrected chi connectivity index (χ4v) is 2.70. The lowest BCUT2D eigenvalue weighted by Crippen LogP contribution is -2.01. The van der Waals surface area contributed by atoms with Crippen LogP contribution in [0.4, 0.5) is 0 Å². The summed E-state index contributed by atoms with van der Waals surface area (Å²) in [6.07, 6.45) is 0. The molecule has 0 radical (unpaired) electrons. The molecule has 94 valence electrons. The second kappa shape index (κ2) is 5.49. The van der Waals surface area contributed by atoms with E-state index in [0.29, 0.717) is 9.67 Å². The standard InChI is InChI=1S/C12H10BrNO3S/c1-7(15)17-11-10(13)18-12(14-11)8-3-5-9(16-2)6-4-8/h3-6H,1-2H3. The van der Waals surface area contributed by atoms with Gasteiger partial charge in [0.25, 0.3) is 0 Å². The first-order chi connectivity index (χ1) is 8.60. The van der Waals surface area contributed by atoms with Crippen molar-refractivity contribution in [1.82, 2.24) is 4.98 Å². The first kappa shape index (κ1) is 13.0. The Labute approximate surface area is 117 Å². The molecular weight excluding hydrogens is 318 g/mol. The Hall–Kier alpha value is -1.40. The molecular formula is C12H10BrNO3S. The molecule has 18 heavy (non-hydrogen) atoms.